The molecule has 0 unspecified atom stereocenters. The van der Waals surface area contributed by atoms with Crippen molar-refractivity contribution >= 4 is 52.4 Å². The normalized spacial score (nSPS) is 13.9. The van der Waals surface area contributed by atoms with Crippen molar-refractivity contribution in [3.63, 3.8) is 0 Å². The van der Waals surface area contributed by atoms with Crippen LogP contribution in [0.1, 0.15) is 60.7 Å². The van der Waals surface area contributed by atoms with Crippen LogP contribution in [0.2, 0.25) is 10.2 Å². The van der Waals surface area contributed by atoms with E-state index in [0.717, 1.165) is 16.7 Å². The second-order valence-corrected chi connectivity index (χ2v) is 10.6. The molecular weight excluding hydrogens is 510 g/mol. The molecule has 0 saturated carbocycles. The van der Waals surface area contributed by atoms with Crippen LogP contribution in [-0.2, 0) is 11.3 Å². The summed E-state index contributed by atoms with van der Waals surface area (Å²) in [6, 6.07) is 10.9. The Kier molecular flexibility index (Phi) is 6.83. The molecule has 2 N–H and O–H groups in total. The molecule has 0 radical (unpaired) electrons. The third kappa shape index (κ3) is 4.55. The zero-order chi connectivity index (χ0) is 26.6. The monoisotopic (exact) mass is 536 g/mol. The maximum atomic E-state index is 13.2. The standard InChI is InChI=1S/C28H27BCl2N2O4/c1-13(2)27-15(4)26(34)20-11-14(3)10-19(28(20)37-27)16(5)32-21-8-9-22(30)33-25(21)18-7-6-17-12-36-29(35)23(17)24(18)31/h6-11,13,16,32,35H,12H2,1-5H3/t16-/m0/s1. The van der Waals surface area contributed by atoms with Gasteiger partial charge in [-0.1, -0.05) is 55.2 Å². The van der Waals surface area contributed by atoms with E-state index in [0.29, 0.717) is 61.5 Å². The number of nitrogens with one attached hydrogen (secondary N) is 1. The van der Waals surface area contributed by atoms with Crippen LogP contribution in [-0.4, -0.2) is 17.1 Å². The lowest BCUT2D eigenvalue weighted by atomic mass is 9.78. The predicted molar refractivity (Wildman–Crippen MR) is 150 cm³/mol. The van der Waals surface area contributed by atoms with Crippen LogP contribution in [0.5, 0.6) is 0 Å². The van der Waals surface area contributed by atoms with Crippen LogP contribution in [0.3, 0.4) is 0 Å². The molecule has 2 aromatic heterocycles. The first kappa shape index (κ1) is 25.8. The van der Waals surface area contributed by atoms with Gasteiger partial charge in [-0.3, -0.25) is 4.79 Å². The fourth-order valence-electron chi connectivity index (χ4n) is 4.99. The molecule has 4 aromatic rings. The van der Waals surface area contributed by atoms with E-state index in [2.05, 4.69) is 10.3 Å². The van der Waals surface area contributed by atoms with Gasteiger partial charge in [-0.25, -0.2) is 4.98 Å². The summed E-state index contributed by atoms with van der Waals surface area (Å²) >= 11 is 13.0. The summed E-state index contributed by atoms with van der Waals surface area (Å²) in [5, 5.41) is 15.1. The number of aryl methyl sites for hydroxylation is 1. The molecule has 190 valence electrons. The maximum Gasteiger partial charge on any atom is 0.493 e. The SMILES string of the molecule is Cc1cc([C@H](C)Nc2ccc(Cl)nc2-c2ccc3c(c2Cl)B(O)OC3)c2oc(C(C)C)c(C)c(=O)c2c1. The van der Waals surface area contributed by atoms with Gasteiger partial charge in [-0.05, 0) is 50.1 Å². The van der Waals surface area contributed by atoms with Crippen molar-refractivity contribution in [2.45, 2.75) is 53.2 Å². The number of pyridine rings is 1. The zero-order valence-corrected chi connectivity index (χ0v) is 22.8. The number of hydrogen-bond acceptors (Lipinski definition) is 6. The minimum atomic E-state index is -1.09. The Morgan fingerprint density at radius 3 is 2.59 bits per heavy atom. The number of nitrogens with zero attached hydrogens (tertiary/aromatic N) is 1. The number of hydrogen-bond donors (Lipinski definition) is 2. The topological polar surface area (TPSA) is 84.6 Å². The molecule has 5 rings (SSSR count). The highest BCUT2D eigenvalue weighted by Crippen LogP contribution is 2.37. The molecule has 2 aromatic carbocycles. The highest BCUT2D eigenvalue weighted by Gasteiger charge is 2.32. The molecule has 1 atom stereocenters. The van der Waals surface area contributed by atoms with Gasteiger partial charge in [-0.2, -0.15) is 0 Å². The highest BCUT2D eigenvalue weighted by atomic mass is 35.5. The lowest BCUT2D eigenvalue weighted by molar-refractivity contribution is 0.275. The van der Waals surface area contributed by atoms with E-state index in [4.69, 9.17) is 32.3 Å². The van der Waals surface area contributed by atoms with Crippen molar-refractivity contribution in [2.75, 3.05) is 5.32 Å². The Hall–Kier alpha value is -2.84. The molecule has 0 bridgehead atoms. The summed E-state index contributed by atoms with van der Waals surface area (Å²) in [6.07, 6.45) is 0. The van der Waals surface area contributed by atoms with Gasteiger partial charge in [0, 0.05) is 28.1 Å². The van der Waals surface area contributed by atoms with E-state index in [1.54, 1.807) is 6.07 Å². The van der Waals surface area contributed by atoms with Crippen LogP contribution in [0.15, 0.2) is 45.6 Å². The Balaban J connectivity index is 1.62. The van der Waals surface area contributed by atoms with E-state index in [1.165, 1.54) is 0 Å². The van der Waals surface area contributed by atoms with Crippen LogP contribution in [0, 0.1) is 13.8 Å². The van der Waals surface area contributed by atoms with E-state index < -0.39 is 7.12 Å². The van der Waals surface area contributed by atoms with Crippen LogP contribution in [0.25, 0.3) is 22.2 Å². The molecule has 1 aliphatic rings. The molecule has 1 aliphatic heterocycles. The minimum Gasteiger partial charge on any atom is -0.460 e. The molecule has 6 nitrogen and oxygen atoms in total. The smallest absolute Gasteiger partial charge is 0.460 e. The van der Waals surface area contributed by atoms with Gasteiger partial charge in [0.15, 0.2) is 5.43 Å². The van der Waals surface area contributed by atoms with E-state index in [1.807, 2.05) is 65.0 Å². The quantitative estimate of drug-likeness (QED) is 0.230. The molecule has 37 heavy (non-hydrogen) atoms. The van der Waals surface area contributed by atoms with Gasteiger partial charge < -0.3 is 19.4 Å². The Morgan fingerprint density at radius 1 is 1.11 bits per heavy atom. The molecule has 0 spiro atoms. The van der Waals surface area contributed by atoms with Gasteiger partial charge >= 0.3 is 7.12 Å². The average molecular weight is 537 g/mol. The number of rotatable bonds is 5. The third-order valence-electron chi connectivity index (χ3n) is 6.82. The fourth-order valence-corrected chi connectivity index (χ4v) is 5.50. The first-order valence-corrected chi connectivity index (χ1v) is 12.9. The second kappa shape index (κ2) is 9.80. The second-order valence-electron chi connectivity index (χ2n) is 9.87. The summed E-state index contributed by atoms with van der Waals surface area (Å²) in [4.78, 5) is 17.8. The summed E-state index contributed by atoms with van der Waals surface area (Å²) < 4.78 is 11.7. The number of benzene rings is 2. The lowest BCUT2D eigenvalue weighted by Gasteiger charge is -2.21. The summed E-state index contributed by atoms with van der Waals surface area (Å²) in [5.41, 5.74) is 6.27. The molecule has 9 heteroatoms. The van der Waals surface area contributed by atoms with Gasteiger partial charge in [0.05, 0.1) is 34.4 Å². The van der Waals surface area contributed by atoms with E-state index in [-0.39, 0.29) is 17.4 Å². The molecule has 0 aliphatic carbocycles. The zero-order valence-electron chi connectivity index (χ0n) is 21.3. The average Bonchev–Trinajstić information content (AvgIpc) is 3.23. The number of fused-ring (bicyclic) bond motifs is 2. The summed E-state index contributed by atoms with van der Waals surface area (Å²) in [5.74, 6) is 0.761. The highest BCUT2D eigenvalue weighted by molar-refractivity contribution is 6.65. The largest absolute Gasteiger partial charge is 0.493 e. The number of aromatic nitrogens is 1. The first-order chi connectivity index (χ1) is 17.6. The summed E-state index contributed by atoms with van der Waals surface area (Å²) in [7, 11) is -1.09. The van der Waals surface area contributed by atoms with Gasteiger partial charge in [0.2, 0.25) is 0 Å². The molecule has 3 heterocycles. The van der Waals surface area contributed by atoms with Crippen molar-refractivity contribution in [2.24, 2.45) is 0 Å². The molecule has 0 saturated heterocycles. The number of anilines is 1. The van der Waals surface area contributed by atoms with Crippen molar-refractivity contribution in [1.29, 1.82) is 0 Å². The van der Waals surface area contributed by atoms with Gasteiger partial charge in [0.25, 0.3) is 0 Å². The Labute approximate surface area is 225 Å². The molecule has 0 amide bonds. The van der Waals surface area contributed by atoms with Gasteiger partial charge in [0.1, 0.15) is 16.5 Å². The summed E-state index contributed by atoms with van der Waals surface area (Å²) in [6.45, 7) is 10.1. The fraction of sp³-hybridized carbons (Fsp3) is 0.286. The first-order valence-electron chi connectivity index (χ1n) is 12.2. The Morgan fingerprint density at radius 2 is 1.86 bits per heavy atom. The Bertz CT molecular complexity index is 1600. The minimum absolute atomic E-state index is 0.0124. The predicted octanol–water partition coefficient (Wildman–Crippen LogP) is 6.29. The van der Waals surface area contributed by atoms with Crippen LogP contribution < -0.4 is 16.2 Å². The van der Waals surface area contributed by atoms with Crippen LogP contribution >= 0.6 is 23.2 Å². The number of halogens is 2. The van der Waals surface area contributed by atoms with Crippen molar-refractivity contribution in [3.05, 3.63) is 84.8 Å². The molecular formula is C28H27BCl2N2O4. The van der Waals surface area contributed by atoms with Crippen LogP contribution in [0.4, 0.5) is 5.69 Å². The van der Waals surface area contributed by atoms with E-state index in [9.17, 15) is 9.82 Å². The van der Waals surface area contributed by atoms with E-state index >= 15 is 0 Å². The lowest BCUT2D eigenvalue weighted by Crippen LogP contribution is -2.29. The van der Waals surface area contributed by atoms with Crippen molar-refractivity contribution in [1.82, 2.24) is 4.98 Å². The van der Waals surface area contributed by atoms with Crippen molar-refractivity contribution < 1.29 is 14.1 Å². The van der Waals surface area contributed by atoms with Gasteiger partial charge in [-0.15, -0.1) is 0 Å². The molecule has 0 fully saturated rings. The third-order valence-corrected chi connectivity index (χ3v) is 7.44. The van der Waals surface area contributed by atoms with Crippen molar-refractivity contribution in [3.8, 4) is 11.3 Å². The maximum absolute atomic E-state index is 13.2.